The molecule has 6 aromatic rings. The number of nitrogens with two attached hydrogens (primary N) is 1. The molecule has 3 aromatic carbocycles. The van der Waals surface area contributed by atoms with E-state index in [1.165, 1.54) is 0 Å². The van der Waals surface area contributed by atoms with Crippen LogP contribution < -0.4 is 21.5 Å². The number of imidazole rings is 1. The summed E-state index contributed by atoms with van der Waals surface area (Å²) in [4.78, 5) is 32.5. The van der Waals surface area contributed by atoms with Crippen LogP contribution in [0.3, 0.4) is 0 Å². The lowest BCUT2D eigenvalue weighted by atomic mass is 9.77. The first-order valence-corrected chi connectivity index (χ1v) is 33.5. The molecule has 0 bridgehead atoms. The molecule has 408 valence electrons. The summed E-state index contributed by atoms with van der Waals surface area (Å²) in [6.07, 6.45) is 4.49. The Hall–Kier alpha value is -4.97. The summed E-state index contributed by atoms with van der Waals surface area (Å²) >= 11 is 1.73. The zero-order valence-electron chi connectivity index (χ0n) is 46.5. The van der Waals surface area contributed by atoms with Gasteiger partial charge in [-0.15, -0.1) is 0 Å². The van der Waals surface area contributed by atoms with Crippen LogP contribution in [0.4, 0.5) is 11.6 Å². The van der Waals surface area contributed by atoms with Gasteiger partial charge in [-0.25, -0.2) is 19.7 Å². The Morgan fingerprint density at radius 1 is 0.803 bits per heavy atom. The fourth-order valence-electron chi connectivity index (χ4n) is 9.97. The van der Waals surface area contributed by atoms with E-state index >= 15 is 0 Å². The predicted octanol–water partition coefficient (Wildman–Crippen LogP) is 11.2. The van der Waals surface area contributed by atoms with Crippen molar-refractivity contribution in [2.24, 2.45) is 0 Å². The van der Waals surface area contributed by atoms with E-state index in [9.17, 15) is 4.79 Å². The van der Waals surface area contributed by atoms with Crippen LogP contribution in [0, 0.1) is 0 Å². The molecule has 7 atom stereocenters. The molecule has 0 unspecified atom stereocenters. The van der Waals surface area contributed by atoms with Gasteiger partial charge in [0.15, 0.2) is 45.6 Å². The topological polar surface area (TPSA) is 181 Å². The number of benzene rings is 3. The van der Waals surface area contributed by atoms with Crippen molar-refractivity contribution in [1.82, 2.24) is 29.1 Å². The van der Waals surface area contributed by atoms with Gasteiger partial charge in [0.2, 0.25) is 0 Å². The summed E-state index contributed by atoms with van der Waals surface area (Å²) in [7, 11) is -2.62. The zero-order chi connectivity index (χ0) is 54.4. The SMILES string of the molecule is COc1ccc(C(Nc2ncnc3c2ncn3[C@@H]2O[C@H](CCCSCc3cn([C@H]4C[C@H](O[Si](C)(C)C(C)(C)C)[C@@H](CO[Si](C)(C)C(C)(C)C)O4)c(=O)nc3N)[C@H]3OC(C)(C)O[C@H]32)(c2ccccc2)c2ccccc2)cc1. The van der Waals surface area contributed by atoms with Gasteiger partial charge in [-0.1, -0.05) is 114 Å². The van der Waals surface area contributed by atoms with E-state index in [0.717, 1.165) is 40.2 Å². The molecule has 0 radical (unpaired) electrons. The standard InChI is InChI=1S/C57H78N8O8SSi2/c1-54(2,3)75(10,11)68-33-44-43(73-76(12,13)55(4,5)6)31-45(69-44)64-32-37(49(58)62-53(64)66)34-74-30-20-25-42-47-48(72-56(7,8)71-47)52(70-42)65-36-61-46-50(59-35-60-51(46)65)63-57(38-21-16-14-17-22-38,39-23-18-15-19-24-39)40-26-28-41(67-9)29-27-40/h14-19,21-24,26-29,32,35-36,42-45,47-48,52H,20,25,30-31,33-34H2,1-13H3,(H2,58,62,66)(H,59,60,63)/t42-,43+,44-,45-,47-,48-,52-/m1/s1. The van der Waals surface area contributed by atoms with Gasteiger partial charge in [0, 0.05) is 23.9 Å². The van der Waals surface area contributed by atoms with Crippen molar-refractivity contribution in [2.75, 3.05) is 30.5 Å². The first kappa shape index (κ1) is 55.8. The van der Waals surface area contributed by atoms with E-state index < -0.39 is 52.2 Å². The maximum atomic E-state index is 13.6. The molecule has 3 aliphatic rings. The molecule has 0 spiro atoms. The Labute approximate surface area is 454 Å². The highest BCUT2D eigenvalue weighted by molar-refractivity contribution is 7.98. The molecule has 76 heavy (non-hydrogen) atoms. The zero-order valence-corrected chi connectivity index (χ0v) is 49.4. The Kier molecular flexibility index (Phi) is 15.9. The second-order valence-electron chi connectivity index (χ2n) is 23.9. The molecule has 19 heteroatoms. The molecule has 6 heterocycles. The van der Waals surface area contributed by atoms with E-state index in [0.29, 0.717) is 42.2 Å². The smallest absolute Gasteiger partial charge is 0.351 e. The van der Waals surface area contributed by atoms with Crippen LogP contribution in [0.2, 0.25) is 36.3 Å². The van der Waals surface area contributed by atoms with Crippen molar-refractivity contribution in [3.63, 3.8) is 0 Å². The average Bonchev–Trinajstić information content (AvgIpc) is 4.17. The Morgan fingerprint density at radius 3 is 2.07 bits per heavy atom. The number of thioether (sulfide) groups is 1. The number of aromatic nitrogens is 6. The molecule has 16 nitrogen and oxygen atoms in total. The van der Waals surface area contributed by atoms with Gasteiger partial charge in [0.05, 0.1) is 32.3 Å². The lowest BCUT2D eigenvalue weighted by Crippen LogP contribution is -2.48. The Morgan fingerprint density at radius 2 is 1.43 bits per heavy atom. The van der Waals surface area contributed by atoms with Crippen LogP contribution in [0.5, 0.6) is 5.75 Å². The van der Waals surface area contributed by atoms with E-state index in [-0.39, 0.29) is 40.3 Å². The van der Waals surface area contributed by atoms with Crippen molar-refractivity contribution in [3.05, 3.63) is 137 Å². The molecular formula is C57H78N8O8SSi2. The number of hydrogen-bond donors (Lipinski definition) is 2. The van der Waals surface area contributed by atoms with Crippen molar-refractivity contribution in [3.8, 4) is 5.75 Å². The number of nitrogens with one attached hydrogen (secondary N) is 1. The van der Waals surface area contributed by atoms with E-state index in [1.807, 2.05) is 73.1 Å². The highest BCUT2D eigenvalue weighted by Gasteiger charge is 2.56. The maximum absolute atomic E-state index is 13.6. The van der Waals surface area contributed by atoms with Crippen LogP contribution in [-0.2, 0) is 39.1 Å². The summed E-state index contributed by atoms with van der Waals surface area (Å²) in [6, 6.07) is 28.8. The third-order valence-corrected chi connectivity index (χ3v) is 26.4. The lowest BCUT2D eigenvalue weighted by molar-refractivity contribution is -0.196. The molecule has 3 aromatic heterocycles. The molecule has 0 amide bonds. The third-order valence-electron chi connectivity index (χ3n) is 16.3. The molecular weight excluding hydrogens is 1010 g/mol. The number of rotatable bonds is 19. The highest BCUT2D eigenvalue weighted by atomic mass is 32.2. The van der Waals surface area contributed by atoms with Crippen molar-refractivity contribution >= 4 is 51.2 Å². The minimum Gasteiger partial charge on any atom is -0.497 e. The van der Waals surface area contributed by atoms with Gasteiger partial charge in [-0.2, -0.15) is 16.7 Å². The third kappa shape index (κ3) is 11.3. The Balaban J connectivity index is 0.899. The fourth-order valence-corrected chi connectivity index (χ4v) is 13.3. The summed E-state index contributed by atoms with van der Waals surface area (Å²) in [6.45, 7) is 26.7. The second kappa shape index (κ2) is 21.7. The van der Waals surface area contributed by atoms with Crippen molar-refractivity contribution in [2.45, 2.75) is 171 Å². The summed E-state index contributed by atoms with van der Waals surface area (Å²) in [5.41, 5.74) is 10.1. The molecule has 3 aliphatic heterocycles. The number of methoxy groups -OCH3 is 1. The predicted molar refractivity (Wildman–Crippen MR) is 304 cm³/mol. The molecule has 0 aliphatic carbocycles. The van der Waals surface area contributed by atoms with Gasteiger partial charge >= 0.3 is 5.69 Å². The first-order chi connectivity index (χ1) is 35.9. The van der Waals surface area contributed by atoms with E-state index in [4.69, 9.17) is 53.2 Å². The number of anilines is 2. The van der Waals surface area contributed by atoms with Gasteiger partial charge < -0.3 is 43.6 Å². The first-order valence-electron chi connectivity index (χ1n) is 26.6. The Bertz CT molecular complexity index is 2960. The van der Waals surface area contributed by atoms with E-state index in [2.05, 4.69) is 114 Å². The van der Waals surface area contributed by atoms with Gasteiger partial charge in [-0.05, 0) is 97.5 Å². The largest absolute Gasteiger partial charge is 0.497 e. The minimum atomic E-state index is -2.20. The van der Waals surface area contributed by atoms with Gasteiger partial charge in [0.25, 0.3) is 0 Å². The highest BCUT2D eigenvalue weighted by Crippen LogP contribution is 2.47. The maximum Gasteiger partial charge on any atom is 0.351 e. The normalized spacial score (nSPS) is 23.0. The quantitative estimate of drug-likeness (QED) is 0.0444. The van der Waals surface area contributed by atoms with Crippen LogP contribution in [0.15, 0.2) is 109 Å². The van der Waals surface area contributed by atoms with Crippen LogP contribution in [-0.4, -0.2) is 101 Å². The number of nitrogens with zero attached hydrogens (tertiary/aromatic N) is 6. The molecule has 0 saturated carbocycles. The summed E-state index contributed by atoms with van der Waals surface area (Å²) in [5, 5.41) is 3.92. The molecule has 9 rings (SSSR count). The van der Waals surface area contributed by atoms with Crippen LogP contribution in [0.25, 0.3) is 11.2 Å². The van der Waals surface area contributed by atoms with Crippen molar-refractivity contribution < 1.29 is 32.5 Å². The molecule has 3 fully saturated rings. The monoisotopic (exact) mass is 1090 g/mol. The molecule has 3 saturated heterocycles. The number of ether oxygens (including phenoxy) is 5. The lowest BCUT2D eigenvalue weighted by Gasteiger charge is -2.40. The van der Waals surface area contributed by atoms with E-state index in [1.54, 1.807) is 36.1 Å². The summed E-state index contributed by atoms with van der Waals surface area (Å²) in [5.74, 6) is 2.07. The van der Waals surface area contributed by atoms with Gasteiger partial charge in [0.1, 0.15) is 48.0 Å². The van der Waals surface area contributed by atoms with Crippen LogP contribution in [0.1, 0.15) is 109 Å². The van der Waals surface area contributed by atoms with Crippen molar-refractivity contribution in [1.29, 1.82) is 0 Å². The molecule has 3 N–H and O–H groups in total. The fraction of sp³-hybridized carbons (Fsp3) is 0.526. The summed E-state index contributed by atoms with van der Waals surface area (Å²) < 4.78 is 49.6. The number of nitrogen functional groups attached to an aromatic ring is 1. The van der Waals surface area contributed by atoms with Crippen LogP contribution >= 0.6 is 11.8 Å². The van der Waals surface area contributed by atoms with Gasteiger partial charge in [-0.3, -0.25) is 9.13 Å². The average molecular weight is 1090 g/mol. The number of fused-ring (bicyclic) bond motifs is 2. The minimum absolute atomic E-state index is 0.00436. The second-order valence-corrected chi connectivity index (χ2v) is 34.6. The number of hydrogen-bond acceptors (Lipinski definition) is 15.